The summed E-state index contributed by atoms with van der Waals surface area (Å²) in [6, 6.07) is 0. The second kappa shape index (κ2) is 3.96. The molecule has 0 spiro atoms. The Labute approximate surface area is 93.7 Å². The van der Waals surface area contributed by atoms with Crippen molar-refractivity contribution in [2.24, 2.45) is 0 Å². The van der Waals surface area contributed by atoms with Crippen molar-refractivity contribution in [3.8, 4) is 0 Å². The fourth-order valence-electron chi connectivity index (χ4n) is 0.778. The van der Waals surface area contributed by atoms with Crippen LogP contribution in [0.4, 0.5) is 0 Å². The van der Waals surface area contributed by atoms with Crippen LogP contribution in [-0.4, -0.2) is 15.6 Å². The van der Waals surface area contributed by atoms with Gasteiger partial charge in [0.1, 0.15) is 16.9 Å². The number of carboxylic acids is 1. The maximum atomic E-state index is 10.4. The van der Waals surface area contributed by atoms with E-state index in [1.807, 2.05) is 0 Å². The van der Waals surface area contributed by atoms with Gasteiger partial charge in [-0.3, -0.25) is 4.79 Å². The molecule has 0 amide bonds. The quantitative estimate of drug-likeness (QED) is 0.890. The molecule has 0 atom stereocenters. The van der Waals surface area contributed by atoms with Crippen molar-refractivity contribution < 1.29 is 9.90 Å². The third-order valence-corrected chi connectivity index (χ3v) is 3.13. The van der Waals surface area contributed by atoms with Crippen molar-refractivity contribution in [3.63, 3.8) is 0 Å². The van der Waals surface area contributed by atoms with Crippen molar-refractivity contribution in [2.75, 3.05) is 0 Å². The highest BCUT2D eigenvalue weighted by molar-refractivity contribution is 6.52. The lowest BCUT2D eigenvalue weighted by molar-refractivity contribution is -0.137. The van der Waals surface area contributed by atoms with Crippen molar-refractivity contribution in [2.45, 2.75) is 6.54 Å². The van der Waals surface area contributed by atoms with Gasteiger partial charge < -0.3 is 9.67 Å². The first-order valence-electron chi connectivity index (χ1n) is 3.05. The molecular formula is C6H3Cl4NO2. The van der Waals surface area contributed by atoms with Gasteiger partial charge in [0, 0.05) is 0 Å². The van der Waals surface area contributed by atoms with E-state index in [0.29, 0.717) is 0 Å². The van der Waals surface area contributed by atoms with E-state index in [2.05, 4.69) is 0 Å². The summed E-state index contributed by atoms with van der Waals surface area (Å²) in [4.78, 5) is 10.4. The standard InChI is InChI=1S/C6H3Cl4NO2/c7-3-4(8)6(10)11(5(3)9)1-2(12)13/h1H2,(H,12,13). The lowest BCUT2D eigenvalue weighted by atomic mass is 10.6. The number of carboxylic acid groups (broad SMARTS) is 1. The number of carbonyl (C=O) groups is 1. The van der Waals surface area contributed by atoms with Crippen LogP contribution in [-0.2, 0) is 11.3 Å². The van der Waals surface area contributed by atoms with Gasteiger partial charge in [0.15, 0.2) is 0 Å². The minimum absolute atomic E-state index is 0.0269. The fraction of sp³-hybridized carbons (Fsp3) is 0.167. The maximum absolute atomic E-state index is 10.4. The SMILES string of the molecule is O=C(O)Cn1c(Cl)c(Cl)c(Cl)c1Cl. The average molecular weight is 263 g/mol. The molecule has 1 heterocycles. The normalized spacial score (nSPS) is 10.5. The highest BCUT2D eigenvalue weighted by Gasteiger charge is 2.18. The molecule has 1 rings (SSSR count). The second-order valence-electron chi connectivity index (χ2n) is 2.19. The van der Waals surface area contributed by atoms with Crippen LogP contribution in [0.3, 0.4) is 0 Å². The molecule has 0 aliphatic carbocycles. The monoisotopic (exact) mass is 261 g/mol. The molecule has 0 aliphatic heterocycles. The molecule has 1 aromatic rings. The first-order chi connectivity index (χ1) is 5.95. The second-order valence-corrected chi connectivity index (χ2v) is 3.66. The summed E-state index contributed by atoms with van der Waals surface area (Å²) in [6.45, 7) is -0.371. The Bertz CT molecular complexity index is 335. The van der Waals surface area contributed by atoms with Crippen molar-refractivity contribution in [3.05, 3.63) is 20.4 Å². The molecule has 7 heteroatoms. The average Bonchev–Trinajstić information content (AvgIpc) is 2.22. The minimum Gasteiger partial charge on any atom is -0.480 e. The molecule has 13 heavy (non-hydrogen) atoms. The Morgan fingerprint density at radius 3 is 1.85 bits per heavy atom. The van der Waals surface area contributed by atoms with E-state index in [9.17, 15) is 4.79 Å². The van der Waals surface area contributed by atoms with Gasteiger partial charge in [-0.25, -0.2) is 0 Å². The molecule has 0 radical (unpaired) electrons. The topological polar surface area (TPSA) is 42.2 Å². The van der Waals surface area contributed by atoms with E-state index in [4.69, 9.17) is 51.5 Å². The Morgan fingerprint density at radius 1 is 1.15 bits per heavy atom. The molecule has 0 saturated carbocycles. The Kier molecular flexibility index (Phi) is 3.35. The Morgan fingerprint density at radius 2 is 1.54 bits per heavy atom. The smallest absolute Gasteiger partial charge is 0.323 e. The number of halogens is 4. The first kappa shape index (κ1) is 11.0. The lowest BCUT2D eigenvalue weighted by Gasteiger charge is -2.01. The van der Waals surface area contributed by atoms with Crippen LogP contribution in [0.15, 0.2) is 0 Å². The molecule has 0 aliphatic rings. The largest absolute Gasteiger partial charge is 0.480 e. The summed E-state index contributed by atoms with van der Waals surface area (Å²) in [6.07, 6.45) is 0. The van der Waals surface area contributed by atoms with E-state index in [0.717, 1.165) is 4.57 Å². The van der Waals surface area contributed by atoms with Crippen LogP contribution in [0.2, 0.25) is 20.4 Å². The number of aromatic nitrogens is 1. The van der Waals surface area contributed by atoms with Gasteiger partial charge in [0.25, 0.3) is 0 Å². The van der Waals surface area contributed by atoms with E-state index in [-0.39, 0.29) is 26.9 Å². The summed E-state index contributed by atoms with van der Waals surface area (Å²) in [5.74, 6) is -1.08. The summed E-state index contributed by atoms with van der Waals surface area (Å²) in [5.41, 5.74) is 0. The number of aliphatic carboxylic acids is 1. The zero-order chi connectivity index (χ0) is 10.2. The van der Waals surface area contributed by atoms with Crippen LogP contribution >= 0.6 is 46.4 Å². The molecule has 0 saturated heterocycles. The van der Waals surface area contributed by atoms with Gasteiger partial charge in [-0.2, -0.15) is 0 Å². The summed E-state index contributed by atoms with van der Waals surface area (Å²) in [7, 11) is 0. The third-order valence-electron chi connectivity index (χ3n) is 1.32. The maximum Gasteiger partial charge on any atom is 0.323 e. The van der Waals surface area contributed by atoms with Crippen molar-refractivity contribution in [1.82, 2.24) is 4.57 Å². The molecule has 1 aromatic heterocycles. The number of hydrogen-bond donors (Lipinski definition) is 1. The fourth-order valence-corrected chi connectivity index (χ4v) is 1.78. The van der Waals surface area contributed by atoms with Gasteiger partial charge in [0.2, 0.25) is 0 Å². The molecule has 0 fully saturated rings. The van der Waals surface area contributed by atoms with E-state index < -0.39 is 5.97 Å². The van der Waals surface area contributed by atoms with Crippen LogP contribution < -0.4 is 0 Å². The summed E-state index contributed by atoms with van der Waals surface area (Å²) >= 11 is 22.6. The highest BCUT2D eigenvalue weighted by Crippen LogP contribution is 2.38. The molecule has 3 nitrogen and oxygen atoms in total. The third kappa shape index (κ3) is 2.05. The van der Waals surface area contributed by atoms with E-state index >= 15 is 0 Å². The first-order valence-corrected chi connectivity index (χ1v) is 4.56. The predicted molar refractivity (Wildman–Crippen MR) is 52.1 cm³/mol. The molecular weight excluding hydrogens is 260 g/mol. The zero-order valence-electron chi connectivity index (χ0n) is 6.02. The van der Waals surface area contributed by atoms with Crippen LogP contribution in [0.5, 0.6) is 0 Å². The zero-order valence-corrected chi connectivity index (χ0v) is 9.05. The van der Waals surface area contributed by atoms with Gasteiger partial charge in [0.05, 0.1) is 10.0 Å². The van der Waals surface area contributed by atoms with Gasteiger partial charge in [-0.1, -0.05) is 46.4 Å². The van der Waals surface area contributed by atoms with E-state index in [1.165, 1.54) is 0 Å². The van der Waals surface area contributed by atoms with Crippen LogP contribution in [0.1, 0.15) is 0 Å². The minimum atomic E-state index is -1.08. The molecule has 1 N–H and O–H groups in total. The van der Waals surface area contributed by atoms with Gasteiger partial charge in [-0.15, -0.1) is 0 Å². The van der Waals surface area contributed by atoms with Crippen molar-refractivity contribution in [1.29, 1.82) is 0 Å². The molecule has 72 valence electrons. The number of nitrogens with zero attached hydrogens (tertiary/aromatic N) is 1. The molecule has 0 aromatic carbocycles. The summed E-state index contributed by atoms with van der Waals surface area (Å²) in [5, 5.41) is 8.67. The van der Waals surface area contributed by atoms with Gasteiger partial charge >= 0.3 is 5.97 Å². The highest BCUT2D eigenvalue weighted by atomic mass is 35.5. The molecule has 0 bridgehead atoms. The van der Waals surface area contributed by atoms with Gasteiger partial charge in [-0.05, 0) is 0 Å². The Hall–Kier alpha value is -0.0900. The number of hydrogen-bond acceptors (Lipinski definition) is 1. The Balaban J connectivity index is 3.21. The summed E-state index contributed by atoms with van der Waals surface area (Å²) < 4.78 is 1.11. The predicted octanol–water partition coefficient (Wildman–Crippen LogP) is 3.19. The van der Waals surface area contributed by atoms with E-state index in [1.54, 1.807) is 0 Å². The van der Waals surface area contributed by atoms with Crippen molar-refractivity contribution >= 4 is 52.4 Å². The van der Waals surface area contributed by atoms with Crippen LogP contribution in [0.25, 0.3) is 0 Å². The number of rotatable bonds is 2. The lowest BCUT2D eigenvalue weighted by Crippen LogP contribution is -2.08. The molecule has 0 unspecified atom stereocenters. The van der Waals surface area contributed by atoms with Crippen LogP contribution in [0, 0.1) is 0 Å².